The molecule has 0 bridgehead atoms. The molecule has 1 heterocycles. The monoisotopic (exact) mass is 586 g/mol. The Morgan fingerprint density at radius 2 is 1.05 bits per heavy atom. The lowest BCUT2D eigenvalue weighted by molar-refractivity contribution is 0.409. The highest BCUT2D eigenvalue weighted by molar-refractivity contribution is 5.38. The predicted octanol–water partition coefficient (Wildman–Crippen LogP) is 12.5. The summed E-state index contributed by atoms with van der Waals surface area (Å²) >= 11 is 0. The summed E-state index contributed by atoms with van der Waals surface area (Å²) in [4.78, 5) is 0. The van der Waals surface area contributed by atoms with E-state index in [2.05, 4.69) is 150 Å². The van der Waals surface area contributed by atoms with Crippen LogP contribution < -0.4 is 0 Å². The standard InChI is InChI=1S/C11H16O.C11H16.C10H14.C8H12O.CH4/c1-8-5-6-9(7-10(8)12)11(2,3)4;1-11(2,3)9-10-7-5-4-6-8-10;1-10(2,3)9-7-5-4-6-8-9;1-8(2,3)7-5-4-6-9-7;/h5-7,12H,1-4H3;4-8H,9H2,1-3H3;4-8H,1-3H3;4-6H,1-3H3;1H4. The van der Waals surface area contributed by atoms with Crippen molar-refractivity contribution in [1.82, 2.24) is 0 Å². The van der Waals surface area contributed by atoms with Crippen LogP contribution in [0, 0.1) is 12.3 Å². The van der Waals surface area contributed by atoms with E-state index in [9.17, 15) is 5.11 Å². The summed E-state index contributed by atoms with van der Waals surface area (Å²) in [5.41, 5.74) is 5.90. The van der Waals surface area contributed by atoms with Crippen molar-refractivity contribution in [1.29, 1.82) is 0 Å². The summed E-state index contributed by atoms with van der Waals surface area (Å²) < 4.78 is 5.20. The third kappa shape index (κ3) is 16.8. The van der Waals surface area contributed by atoms with Gasteiger partial charge in [0.1, 0.15) is 11.5 Å². The lowest BCUT2D eigenvalue weighted by Crippen LogP contribution is -2.10. The Kier molecular flexibility index (Phi) is 15.8. The number of furan rings is 1. The molecule has 0 spiro atoms. The van der Waals surface area contributed by atoms with Crippen molar-refractivity contribution in [2.45, 2.75) is 120 Å². The van der Waals surface area contributed by atoms with E-state index in [1.54, 1.807) is 6.26 Å². The largest absolute Gasteiger partial charge is 0.508 e. The van der Waals surface area contributed by atoms with Crippen LogP contribution in [0.25, 0.3) is 0 Å². The first-order valence-corrected chi connectivity index (χ1v) is 15.1. The van der Waals surface area contributed by atoms with Gasteiger partial charge in [-0.3, -0.25) is 0 Å². The van der Waals surface area contributed by atoms with Crippen LogP contribution in [0.5, 0.6) is 5.75 Å². The van der Waals surface area contributed by atoms with Gasteiger partial charge in [-0.25, -0.2) is 0 Å². The molecule has 1 N–H and O–H groups in total. The topological polar surface area (TPSA) is 33.4 Å². The van der Waals surface area contributed by atoms with Gasteiger partial charge >= 0.3 is 0 Å². The first-order chi connectivity index (χ1) is 19.2. The van der Waals surface area contributed by atoms with E-state index < -0.39 is 0 Å². The summed E-state index contributed by atoms with van der Waals surface area (Å²) in [5.74, 6) is 1.44. The Morgan fingerprint density at radius 3 is 1.37 bits per heavy atom. The van der Waals surface area contributed by atoms with Crippen molar-refractivity contribution in [3.63, 3.8) is 0 Å². The Morgan fingerprint density at radius 1 is 0.558 bits per heavy atom. The minimum atomic E-state index is 0. The molecule has 2 heteroatoms. The molecule has 0 unspecified atom stereocenters. The number of phenolic OH excluding ortho intramolecular Hbond substituents is 1. The van der Waals surface area contributed by atoms with Gasteiger partial charge in [0.15, 0.2) is 0 Å². The molecule has 0 atom stereocenters. The lowest BCUT2D eigenvalue weighted by atomic mass is 9.86. The summed E-state index contributed by atoms with van der Waals surface area (Å²) in [5, 5.41) is 9.46. The van der Waals surface area contributed by atoms with Crippen LogP contribution in [0.15, 0.2) is 102 Å². The Bertz CT molecular complexity index is 1260. The quantitative estimate of drug-likeness (QED) is 0.241. The van der Waals surface area contributed by atoms with Gasteiger partial charge in [-0.1, -0.05) is 163 Å². The maximum Gasteiger partial charge on any atom is 0.118 e. The Balaban J connectivity index is 0.000000545. The van der Waals surface area contributed by atoms with Crippen LogP contribution >= 0.6 is 0 Å². The van der Waals surface area contributed by atoms with Crippen molar-refractivity contribution in [2.24, 2.45) is 5.41 Å². The molecule has 4 rings (SSSR count). The molecule has 1 aromatic heterocycles. The SMILES string of the molecule is C.CC(C)(C)Cc1ccccc1.CC(C)(C)c1ccccc1.CC(C)(C)c1ccco1.Cc1ccc(C(C)(C)C)cc1O. The zero-order valence-corrected chi connectivity index (χ0v) is 28.8. The molecule has 0 saturated carbocycles. The van der Waals surface area contributed by atoms with E-state index in [0.29, 0.717) is 16.6 Å². The molecule has 0 amide bonds. The maximum atomic E-state index is 9.46. The fraction of sp³-hybridized carbons (Fsp3) is 0.463. The van der Waals surface area contributed by atoms with Crippen molar-refractivity contribution in [3.8, 4) is 5.75 Å². The number of aromatic hydroxyl groups is 1. The molecule has 3 aromatic carbocycles. The van der Waals surface area contributed by atoms with Crippen molar-refractivity contribution in [3.05, 3.63) is 125 Å². The van der Waals surface area contributed by atoms with Crippen LogP contribution in [-0.4, -0.2) is 5.11 Å². The Hall–Kier alpha value is -3.26. The minimum Gasteiger partial charge on any atom is -0.508 e. The van der Waals surface area contributed by atoms with Crippen molar-refractivity contribution in [2.75, 3.05) is 0 Å². The fourth-order valence-corrected chi connectivity index (χ4v) is 3.93. The molecule has 43 heavy (non-hydrogen) atoms. The second-order valence-corrected chi connectivity index (χ2v) is 15.3. The van der Waals surface area contributed by atoms with Crippen LogP contribution in [0.1, 0.15) is 119 Å². The van der Waals surface area contributed by atoms with Gasteiger partial charge in [-0.05, 0) is 70.0 Å². The van der Waals surface area contributed by atoms with Crippen molar-refractivity contribution < 1.29 is 9.52 Å². The second-order valence-electron chi connectivity index (χ2n) is 15.3. The maximum absolute atomic E-state index is 9.46. The van der Waals surface area contributed by atoms with Crippen LogP contribution in [-0.2, 0) is 22.7 Å². The van der Waals surface area contributed by atoms with E-state index >= 15 is 0 Å². The first kappa shape index (κ1) is 39.7. The molecule has 0 aliphatic heterocycles. The third-order valence-corrected chi connectivity index (χ3v) is 6.55. The van der Waals surface area contributed by atoms with E-state index in [4.69, 9.17) is 4.42 Å². The molecule has 4 aromatic rings. The molecule has 0 saturated heterocycles. The summed E-state index contributed by atoms with van der Waals surface area (Å²) in [6.45, 7) is 28.2. The van der Waals surface area contributed by atoms with Crippen molar-refractivity contribution >= 4 is 0 Å². The van der Waals surface area contributed by atoms with E-state index in [1.807, 2.05) is 31.2 Å². The molecule has 0 aliphatic rings. The van der Waals surface area contributed by atoms with Gasteiger partial charge in [0.25, 0.3) is 0 Å². The fourth-order valence-electron chi connectivity index (χ4n) is 3.93. The van der Waals surface area contributed by atoms with Crippen LogP contribution in [0.4, 0.5) is 0 Å². The van der Waals surface area contributed by atoms with Crippen LogP contribution in [0.3, 0.4) is 0 Å². The smallest absolute Gasteiger partial charge is 0.118 e. The molecule has 0 radical (unpaired) electrons. The van der Waals surface area contributed by atoms with Gasteiger partial charge < -0.3 is 9.52 Å². The molecule has 0 aliphatic carbocycles. The number of hydrogen-bond donors (Lipinski definition) is 1. The number of benzene rings is 3. The highest BCUT2D eigenvalue weighted by Gasteiger charge is 2.16. The molecular weight excluding hydrogens is 524 g/mol. The number of hydrogen-bond acceptors (Lipinski definition) is 2. The van der Waals surface area contributed by atoms with Gasteiger partial charge in [-0.2, -0.15) is 0 Å². The predicted molar refractivity (Wildman–Crippen MR) is 190 cm³/mol. The zero-order valence-electron chi connectivity index (χ0n) is 28.8. The molecule has 0 fully saturated rings. The second kappa shape index (κ2) is 17.1. The third-order valence-electron chi connectivity index (χ3n) is 6.55. The van der Waals surface area contributed by atoms with Gasteiger partial charge in [-0.15, -0.1) is 0 Å². The lowest BCUT2D eigenvalue weighted by Gasteiger charge is -2.19. The number of rotatable bonds is 1. The van der Waals surface area contributed by atoms with E-state index in [0.717, 1.165) is 17.7 Å². The normalized spacial score (nSPS) is 11.4. The van der Waals surface area contributed by atoms with E-state index in [-0.39, 0.29) is 18.3 Å². The van der Waals surface area contributed by atoms with Gasteiger partial charge in [0.2, 0.25) is 0 Å². The molecule has 238 valence electrons. The highest BCUT2D eigenvalue weighted by atomic mass is 16.3. The summed E-state index contributed by atoms with van der Waals surface area (Å²) in [7, 11) is 0. The average molecular weight is 587 g/mol. The van der Waals surface area contributed by atoms with E-state index in [1.165, 1.54) is 16.7 Å². The molecular formula is C41H62O2. The summed E-state index contributed by atoms with van der Waals surface area (Å²) in [6.07, 6.45) is 2.87. The Labute approximate surface area is 265 Å². The number of phenols is 1. The van der Waals surface area contributed by atoms with Gasteiger partial charge in [0, 0.05) is 5.41 Å². The minimum absolute atomic E-state index is 0. The number of aryl methyl sites for hydroxylation is 1. The van der Waals surface area contributed by atoms with Gasteiger partial charge in [0.05, 0.1) is 6.26 Å². The average Bonchev–Trinajstić information content (AvgIpc) is 3.42. The summed E-state index contributed by atoms with van der Waals surface area (Å²) in [6, 6.07) is 31.0. The molecule has 2 nitrogen and oxygen atoms in total. The first-order valence-electron chi connectivity index (χ1n) is 15.1. The highest BCUT2D eigenvalue weighted by Crippen LogP contribution is 2.27. The van der Waals surface area contributed by atoms with Crippen LogP contribution in [0.2, 0.25) is 0 Å². The zero-order chi connectivity index (χ0) is 32.2.